The van der Waals surface area contributed by atoms with Gasteiger partial charge in [-0.05, 0) is 54.4 Å². The van der Waals surface area contributed by atoms with Gasteiger partial charge in [0, 0.05) is 23.6 Å². The summed E-state index contributed by atoms with van der Waals surface area (Å²) < 4.78 is 13.9. The van der Waals surface area contributed by atoms with Gasteiger partial charge < -0.3 is 10.4 Å². The number of hydrogen-bond acceptors (Lipinski definition) is 3. The Kier molecular flexibility index (Phi) is 6.36. The normalized spacial score (nSPS) is 12.5. The van der Waals surface area contributed by atoms with Crippen molar-refractivity contribution in [2.45, 2.75) is 26.3 Å². The lowest BCUT2D eigenvalue weighted by Gasteiger charge is -2.09. The zero-order valence-corrected chi connectivity index (χ0v) is 13.1. The van der Waals surface area contributed by atoms with Crippen LogP contribution >= 0.6 is 11.3 Å². The fraction of sp³-hybridized carbons (Fsp3) is 0.412. The quantitative estimate of drug-likeness (QED) is 0.721. The topological polar surface area (TPSA) is 32.3 Å². The molecular weight excluding hydrogens is 285 g/mol. The highest BCUT2D eigenvalue weighted by Gasteiger charge is 2.07. The van der Waals surface area contributed by atoms with E-state index in [9.17, 15) is 4.39 Å². The number of aliphatic hydroxyl groups excluding tert-OH is 1. The lowest BCUT2D eigenvalue weighted by atomic mass is 10.1. The third kappa shape index (κ3) is 4.92. The summed E-state index contributed by atoms with van der Waals surface area (Å²) in [7, 11) is 0. The van der Waals surface area contributed by atoms with Gasteiger partial charge in [-0.3, -0.25) is 0 Å². The fourth-order valence-electron chi connectivity index (χ4n) is 2.20. The van der Waals surface area contributed by atoms with Gasteiger partial charge in [-0.2, -0.15) is 0 Å². The molecule has 0 saturated heterocycles. The lowest BCUT2D eigenvalue weighted by Crippen LogP contribution is -2.16. The Hall–Kier alpha value is -1.23. The van der Waals surface area contributed by atoms with E-state index in [2.05, 4.69) is 5.32 Å². The lowest BCUT2D eigenvalue weighted by molar-refractivity contribution is 0.228. The van der Waals surface area contributed by atoms with Crippen LogP contribution in [0.15, 0.2) is 35.7 Å². The zero-order valence-electron chi connectivity index (χ0n) is 12.3. The van der Waals surface area contributed by atoms with Gasteiger partial charge in [-0.15, -0.1) is 11.3 Å². The maximum atomic E-state index is 13.9. The maximum absolute atomic E-state index is 13.9. The smallest absolute Gasteiger partial charge is 0.131 e. The van der Waals surface area contributed by atoms with Crippen LogP contribution in [0.25, 0.3) is 10.4 Å². The summed E-state index contributed by atoms with van der Waals surface area (Å²) in [6, 6.07) is 9.17. The Bertz CT molecular complexity index is 542. The van der Waals surface area contributed by atoms with Gasteiger partial charge in [0.05, 0.1) is 0 Å². The van der Waals surface area contributed by atoms with E-state index in [1.54, 1.807) is 17.4 Å². The van der Waals surface area contributed by atoms with E-state index < -0.39 is 0 Å². The van der Waals surface area contributed by atoms with Gasteiger partial charge in [-0.25, -0.2) is 4.39 Å². The largest absolute Gasteiger partial charge is 0.396 e. The second kappa shape index (κ2) is 8.27. The monoisotopic (exact) mass is 307 g/mol. The number of hydrogen-bond donors (Lipinski definition) is 2. The van der Waals surface area contributed by atoms with Gasteiger partial charge in [0.2, 0.25) is 0 Å². The molecule has 4 heteroatoms. The Morgan fingerprint density at radius 3 is 2.90 bits per heavy atom. The molecule has 1 aromatic carbocycles. The summed E-state index contributed by atoms with van der Waals surface area (Å²) in [5.74, 6) is 0.195. The van der Waals surface area contributed by atoms with Crippen molar-refractivity contribution in [3.8, 4) is 10.4 Å². The number of nitrogens with one attached hydrogen (secondary N) is 1. The molecule has 0 fully saturated rings. The fourth-order valence-corrected chi connectivity index (χ4v) is 2.95. The minimum absolute atomic E-state index is 0.169. The molecule has 1 heterocycles. The van der Waals surface area contributed by atoms with Crippen LogP contribution < -0.4 is 5.32 Å². The molecule has 21 heavy (non-hydrogen) atoms. The van der Waals surface area contributed by atoms with Crippen LogP contribution in [0.3, 0.4) is 0 Å². The molecule has 1 unspecified atom stereocenters. The molecule has 2 rings (SSSR count). The third-order valence-electron chi connectivity index (χ3n) is 3.51. The number of halogens is 1. The van der Waals surface area contributed by atoms with Gasteiger partial charge >= 0.3 is 0 Å². The first-order valence-electron chi connectivity index (χ1n) is 7.34. The number of aliphatic hydroxyl groups is 1. The first kappa shape index (κ1) is 16.1. The van der Waals surface area contributed by atoms with Crippen LogP contribution in [0.1, 0.15) is 25.3 Å². The van der Waals surface area contributed by atoms with E-state index in [0.29, 0.717) is 11.5 Å². The van der Waals surface area contributed by atoms with Crippen molar-refractivity contribution in [3.05, 3.63) is 47.1 Å². The molecule has 114 valence electrons. The number of thiophene rings is 1. The summed E-state index contributed by atoms with van der Waals surface area (Å²) in [6.07, 6.45) is 2.06. The van der Waals surface area contributed by atoms with E-state index in [1.165, 1.54) is 0 Å². The van der Waals surface area contributed by atoms with Crippen LogP contribution in [0.4, 0.5) is 4.39 Å². The van der Waals surface area contributed by atoms with Crippen molar-refractivity contribution < 1.29 is 9.50 Å². The first-order valence-corrected chi connectivity index (χ1v) is 8.22. The second-order valence-corrected chi connectivity index (χ2v) is 6.35. The van der Waals surface area contributed by atoms with Gasteiger partial charge in [0.25, 0.3) is 0 Å². The average molecular weight is 307 g/mol. The molecule has 0 spiro atoms. The van der Waals surface area contributed by atoms with E-state index in [-0.39, 0.29) is 12.4 Å². The summed E-state index contributed by atoms with van der Waals surface area (Å²) in [6.45, 7) is 3.96. The predicted molar refractivity (Wildman–Crippen MR) is 86.9 cm³/mol. The first-order chi connectivity index (χ1) is 10.2. The van der Waals surface area contributed by atoms with Crippen LogP contribution in [0.5, 0.6) is 0 Å². The number of benzene rings is 1. The maximum Gasteiger partial charge on any atom is 0.131 e. The van der Waals surface area contributed by atoms with Crippen LogP contribution in [0, 0.1) is 11.7 Å². The van der Waals surface area contributed by atoms with Gasteiger partial charge in [0.1, 0.15) is 5.82 Å². The molecule has 0 bridgehead atoms. The molecule has 2 nitrogen and oxygen atoms in total. The third-order valence-corrected chi connectivity index (χ3v) is 4.41. The Morgan fingerprint density at radius 1 is 1.33 bits per heavy atom. The highest BCUT2D eigenvalue weighted by atomic mass is 32.1. The average Bonchev–Trinajstić information content (AvgIpc) is 3.02. The van der Waals surface area contributed by atoms with E-state index >= 15 is 0 Å². The highest BCUT2D eigenvalue weighted by molar-refractivity contribution is 7.13. The van der Waals surface area contributed by atoms with Crippen molar-refractivity contribution in [1.82, 2.24) is 5.32 Å². The molecular formula is C17H22FNOS. The minimum Gasteiger partial charge on any atom is -0.396 e. The number of rotatable bonds is 8. The van der Waals surface area contributed by atoms with Crippen LogP contribution in [-0.2, 0) is 6.54 Å². The Morgan fingerprint density at radius 2 is 2.19 bits per heavy atom. The SMILES string of the molecule is CC(CO)CCCNCc1ccc(F)c(-c2cccs2)c1. The molecule has 0 aliphatic carbocycles. The molecule has 2 aromatic rings. The van der Waals surface area contributed by atoms with Crippen molar-refractivity contribution in [3.63, 3.8) is 0 Å². The molecule has 0 aliphatic rings. The molecule has 1 aromatic heterocycles. The Labute approximate surface area is 129 Å². The van der Waals surface area contributed by atoms with E-state index in [4.69, 9.17) is 5.11 Å². The summed E-state index contributed by atoms with van der Waals surface area (Å²) in [5, 5.41) is 14.3. The zero-order chi connectivity index (χ0) is 15.1. The van der Waals surface area contributed by atoms with Gasteiger partial charge in [-0.1, -0.05) is 19.1 Å². The summed E-state index contributed by atoms with van der Waals surface area (Å²) >= 11 is 1.55. The summed E-state index contributed by atoms with van der Waals surface area (Å²) in [4.78, 5) is 0.964. The van der Waals surface area contributed by atoms with Crippen molar-refractivity contribution in [2.24, 2.45) is 5.92 Å². The van der Waals surface area contributed by atoms with Crippen LogP contribution in [-0.4, -0.2) is 18.3 Å². The molecule has 0 aliphatic heterocycles. The molecule has 0 amide bonds. The van der Waals surface area contributed by atoms with Crippen molar-refractivity contribution >= 4 is 11.3 Å². The molecule has 1 atom stereocenters. The molecule has 0 saturated carbocycles. The summed E-state index contributed by atoms with van der Waals surface area (Å²) in [5.41, 5.74) is 1.77. The minimum atomic E-state index is -0.169. The molecule has 0 radical (unpaired) electrons. The predicted octanol–water partition coefficient (Wildman–Crippen LogP) is 4.05. The molecule has 2 N–H and O–H groups in total. The van der Waals surface area contributed by atoms with Crippen molar-refractivity contribution in [1.29, 1.82) is 0 Å². The van der Waals surface area contributed by atoms with E-state index in [0.717, 1.165) is 36.4 Å². The Balaban J connectivity index is 1.86. The van der Waals surface area contributed by atoms with E-state index in [1.807, 2.05) is 36.6 Å². The standard InChI is InChI=1S/C17H22FNOS/c1-13(12-20)4-2-8-19-11-14-6-7-16(18)15(10-14)17-5-3-9-21-17/h3,5-7,9-10,13,19-20H,2,4,8,11-12H2,1H3. The highest BCUT2D eigenvalue weighted by Crippen LogP contribution is 2.28. The second-order valence-electron chi connectivity index (χ2n) is 5.40. The van der Waals surface area contributed by atoms with Crippen molar-refractivity contribution in [2.75, 3.05) is 13.2 Å². The van der Waals surface area contributed by atoms with Gasteiger partial charge in [0.15, 0.2) is 0 Å². The van der Waals surface area contributed by atoms with Crippen LogP contribution in [0.2, 0.25) is 0 Å².